The van der Waals surface area contributed by atoms with Gasteiger partial charge in [-0.05, 0) is 36.4 Å². The number of hydrogen-bond donors (Lipinski definition) is 2. The fourth-order valence-corrected chi connectivity index (χ4v) is 2.47. The molecule has 0 saturated heterocycles. The van der Waals surface area contributed by atoms with E-state index < -0.39 is 21.9 Å². The zero-order chi connectivity index (χ0) is 14.8. The molecule has 20 heavy (non-hydrogen) atoms. The molecular weight excluding hydrogens is 287 g/mol. The van der Waals surface area contributed by atoms with E-state index in [2.05, 4.69) is 9.71 Å². The third-order valence-electron chi connectivity index (χ3n) is 2.39. The highest BCUT2D eigenvalue weighted by molar-refractivity contribution is 7.92. The molecule has 2 N–H and O–H groups in total. The molecule has 0 spiro atoms. The standard InChI is InChI=1S/C12H9FN2O4S/c13-11-6-3-9(7-14-11)15-20(18,19)10-4-1-8(2-5-10)12(16)17/h1-7,15H,(H,16,17). The van der Waals surface area contributed by atoms with Gasteiger partial charge in [-0.15, -0.1) is 0 Å². The molecule has 0 aliphatic heterocycles. The molecule has 8 heteroatoms. The van der Waals surface area contributed by atoms with Crippen molar-refractivity contribution in [1.29, 1.82) is 0 Å². The maximum Gasteiger partial charge on any atom is 0.335 e. The van der Waals surface area contributed by atoms with Crippen LogP contribution >= 0.6 is 0 Å². The van der Waals surface area contributed by atoms with Crippen LogP contribution in [0.25, 0.3) is 0 Å². The summed E-state index contributed by atoms with van der Waals surface area (Å²) < 4.78 is 38.8. The van der Waals surface area contributed by atoms with Crippen molar-refractivity contribution >= 4 is 21.7 Å². The van der Waals surface area contributed by atoms with Crippen LogP contribution in [0.15, 0.2) is 47.5 Å². The number of nitrogens with one attached hydrogen (secondary N) is 1. The quantitative estimate of drug-likeness (QED) is 0.837. The minimum Gasteiger partial charge on any atom is -0.478 e. The molecule has 1 aromatic carbocycles. The molecule has 0 unspecified atom stereocenters. The molecule has 0 aliphatic carbocycles. The Kier molecular flexibility index (Phi) is 3.66. The second-order valence-electron chi connectivity index (χ2n) is 3.80. The number of sulfonamides is 1. The van der Waals surface area contributed by atoms with Crippen LogP contribution in [-0.4, -0.2) is 24.5 Å². The molecule has 0 amide bonds. The number of pyridine rings is 1. The SMILES string of the molecule is O=C(O)c1ccc(S(=O)(=O)Nc2ccc(F)nc2)cc1. The molecule has 0 bridgehead atoms. The molecular formula is C12H9FN2O4S. The van der Waals surface area contributed by atoms with Crippen LogP contribution in [0.4, 0.5) is 10.1 Å². The Balaban J connectivity index is 2.26. The van der Waals surface area contributed by atoms with Gasteiger partial charge in [0.25, 0.3) is 10.0 Å². The topological polar surface area (TPSA) is 96.4 Å². The third-order valence-corrected chi connectivity index (χ3v) is 3.79. The molecule has 104 valence electrons. The van der Waals surface area contributed by atoms with Crippen molar-refractivity contribution in [2.75, 3.05) is 4.72 Å². The Morgan fingerprint density at radius 1 is 1.15 bits per heavy atom. The summed E-state index contributed by atoms with van der Waals surface area (Å²) in [7, 11) is -3.87. The van der Waals surface area contributed by atoms with Gasteiger partial charge in [0.15, 0.2) is 0 Å². The fraction of sp³-hybridized carbons (Fsp3) is 0. The lowest BCUT2D eigenvalue weighted by molar-refractivity contribution is 0.0696. The number of aromatic nitrogens is 1. The lowest BCUT2D eigenvalue weighted by Gasteiger charge is -2.07. The third kappa shape index (κ3) is 3.09. The number of anilines is 1. The largest absolute Gasteiger partial charge is 0.478 e. The molecule has 1 aromatic heterocycles. The van der Waals surface area contributed by atoms with Crippen molar-refractivity contribution in [2.45, 2.75) is 4.90 Å². The van der Waals surface area contributed by atoms with E-state index in [0.29, 0.717) is 0 Å². The number of carbonyl (C=O) groups is 1. The van der Waals surface area contributed by atoms with E-state index in [-0.39, 0.29) is 16.1 Å². The second kappa shape index (κ2) is 5.25. The predicted octanol–water partition coefficient (Wildman–Crippen LogP) is 1.72. The molecule has 0 aliphatic rings. The summed E-state index contributed by atoms with van der Waals surface area (Å²) in [6.07, 6.45) is 1.04. The summed E-state index contributed by atoms with van der Waals surface area (Å²) in [5.74, 6) is -1.87. The van der Waals surface area contributed by atoms with Crippen molar-refractivity contribution < 1.29 is 22.7 Å². The van der Waals surface area contributed by atoms with Crippen LogP contribution in [0.1, 0.15) is 10.4 Å². The molecule has 2 aromatic rings. The second-order valence-corrected chi connectivity index (χ2v) is 5.49. The molecule has 6 nitrogen and oxygen atoms in total. The minimum atomic E-state index is -3.87. The highest BCUT2D eigenvalue weighted by Gasteiger charge is 2.15. The van der Waals surface area contributed by atoms with Gasteiger partial charge in [0.05, 0.1) is 22.3 Å². The minimum absolute atomic E-state index is 0.0209. The smallest absolute Gasteiger partial charge is 0.335 e. The zero-order valence-electron chi connectivity index (χ0n) is 9.95. The Hall–Kier alpha value is -2.48. The highest BCUT2D eigenvalue weighted by Crippen LogP contribution is 2.16. The van der Waals surface area contributed by atoms with Crippen molar-refractivity contribution in [2.24, 2.45) is 0 Å². The van der Waals surface area contributed by atoms with Crippen molar-refractivity contribution in [1.82, 2.24) is 4.98 Å². The number of nitrogens with zero attached hydrogens (tertiary/aromatic N) is 1. The Labute approximate surface area is 114 Å². The van der Waals surface area contributed by atoms with Gasteiger partial charge < -0.3 is 5.11 Å². The van der Waals surface area contributed by atoms with Gasteiger partial charge in [-0.3, -0.25) is 4.72 Å². The first-order chi connectivity index (χ1) is 9.38. The molecule has 0 saturated carbocycles. The number of aromatic carboxylic acids is 1. The normalized spacial score (nSPS) is 11.1. The van der Waals surface area contributed by atoms with E-state index in [1.54, 1.807) is 0 Å². The van der Waals surface area contributed by atoms with Gasteiger partial charge in [-0.1, -0.05) is 0 Å². The van der Waals surface area contributed by atoms with Crippen LogP contribution in [0.3, 0.4) is 0 Å². The van der Waals surface area contributed by atoms with Crippen LogP contribution < -0.4 is 4.72 Å². The fourth-order valence-electron chi connectivity index (χ4n) is 1.43. The maximum atomic E-state index is 12.6. The average molecular weight is 296 g/mol. The van der Waals surface area contributed by atoms with Gasteiger partial charge in [-0.25, -0.2) is 18.2 Å². The number of halogens is 1. The number of benzene rings is 1. The Bertz CT molecular complexity index is 727. The van der Waals surface area contributed by atoms with Crippen LogP contribution in [0, 0.1) is 5.95 Å². The average Bonchev–Trinajstić information content (AvgIpc) is 2.41. The van der Waals surface area contributed by atoms with E-state index in [1.807, 2.05) is 0 Å². The first-order valence-electron chi connectivity index (χ1n) is 5.36. The van der Waals surface area contributed by atoms with Crippen LogP contribution in [0.5, 0.6) is 0 Å². The zero-order valence-corrected chi connectivity index (χ0v) is 10.8. The van der Waals surface area contributed by atoms with E-state index in [1.165, 1.54) is 30.3 Å². The lowest BCUT2D eigenvalue weighted by Crippen LogP contribution is -2.13. The molecule has 2 rings (SSSR count). The van der Waals surface area contributed by atoms with E-state index in [4.69, 9.17) is 5.11 Å². The van der Waals surface area contributed by atoms with Gasteiger partial charge in [-0.2, -0.15) is 4.39 Å². The van der Waals surface area contributed by atoms with Gasteiger partial charge in [0.1, 0.15) is 0 Å². The van der Waals surface area contributed by atoms with E-state index in [0.717, 1.165) is 12.3 Å². The number of hydrogen-bond acceptors (Lipinski definition) is 4. The number of carboxylic acid groups (broad SMARTS) is 1. The van der Waals surface area contributed by atoms with Crippen molar-refractivity contribution in [3.63, 3.8) is 0 Å². The molecule has 0 radical (unpaired) electrons. The number of carboxylic acids is 1. The lowest BCUT2D eigenvalue weighted by atomic mass is 10.2. The van der Waals surface area contributed by atoms with Gasteiger partial charge in [0, 0.05) is 0 Å². The predicted molar refractivity (Wildman–Crippen MR) is 68.4 cm³/mol. The molecule has 1 heterocycles. The molecule has 0 fully saturated rings. The Morgan fingerprint density at radius 3 is 2.30 bits per heavy atom. The van der Waals surface area contributed by atoms with Crippen molar-refractivity contribution in [3.8, 4) is 0 Å². The summed E-state index contributed by atoms with van der Waals surface area (Å²) in [6, 6.07) is 6.95. The van der Waals surface area contributed by atoms with Gasteiger partial charge in [0.2, 0.25) is 5.95 Å². The van der Waals surface area contributed by atoms with Crippen LogP contribution in [-0.2, 0) is 10.0 Å². The first-order valence-corrected chi connectivity index (χ1v) is 6.84. The molecule has 0 atom stereocenters. The summed E-state index contributed by atoms with van der Waals surface area (Å²) in [5, 5.41) is 8.73. The highest BCUT2D eigenvalue weighted by atomic mass is 32.2. The first kappa shape index (κ1) is 13.9. The number of rotatable bonds is 4. The van der Waals surface area contributed by atoms with Gasteiger partial charge >= 0.3 is 5.97 Å². The van der Waals surface area contributed by atoms with Crippen molar-refractivity contribution in [3.05, 3.63) is 54.1 Å². The summed E-state index contributed by atoms with van der Waals surface area (Å²) in [5.41, 5.74) is 0.0844. The maximum absolute atomic E-state index is 12.6. The summed E-state index contributed by atoms with van der Waals surface area (Å²) in [6.45, 7) is 0. The van der Waals surface area contributed by atoms with E-state index >= 15 is 0 Å². The summed E-state index contributed by atoms with van der Waals surface area (Å²) >= 11 is 0. The Morgan fingerprint density at radius 2 is 1.80 bits per heavy atom. The van der Waals surface area contributed by atoms with Crippen LogP contribution in [0.2, 0.25) is 0 Å². The monoisotopic (exact) mass is 296 g/mol. The van der Waals surface area contributed by atoms with E-state index in [9.17, 15) is 17.6 Å². The summed E-state index contributed by atoms with van der Waals surface area (Å²) in [4.78, 5) is 13.9.